The first-order chi connectivity index (χ1) is 31.6. The Morgan fingerprint density at radius 1 is 1.03 bits per heavy atom. The molecule has 18 heteroatoms. The summed E-state index contributed by atoms with van der Waals surface area (Å²) in [5.74, 6) is -0.588. The quantitative estimate of drug-likeness (QED) is 0.0802. The first kappa shape index (κ1) is 45.4. The van der Waals surface area contributed by atoms with Crippen LogP contribution < -0.4 is 24.6 Å². The molecule has 348 valence electrons. The summed E-state index contributed by atoms with van der Waals surface area (Å²) in [5, 5.41) is 16.5. The van der Waals surface area contributed by atoms with E-state index >= 15 is 4.39 Å². The first-order valence-corrected chi connectivity index (χ1v) is 24.3. The molecule has 0 saturated carbocycles. The summed E-state index contributed by atoms with van der Waals surface area (Å²) in [6.07, 6.45) is 5.73. The van der Waals surface area contributed by atoms with Gasteiger partial charge in [-0.2, -0.15) is 4.98 Å². The van der Waals surface area contributed by atoms with Gasteiger partial charge in [-0.05, 0) is 111 Å². The number of nitro benzene ring substituents is 1. The highest BCUT2D eigenvalue weighted by molar-refractivity contribution is 7.90. The number of allylic oxidation sites excluding steroid dienone is 1. The second-order valence-electron chi connectivity index (χ2n) is 18.6. The van der Waals surface area contributed by atoms with Gasteiger partial charge in [0.25, 0.3) is 21.6 Å². The number of rotatable bonds is 12. The molecule has 3 aromatic carbocycles. The molecule has 2 fully saturated rings. The number of nitro groups is 1. The van der Waals surface area contributed by atoms with Gasteiger partial charge < -0.3 is 29.6 Å². The van der Waals surface area contributed by atoms with Gasteiger partial charge in [-0.15, -0.1) is 0 Å². The van der Waals surface area contributed by atoms with Crippen LogP contribution in [-0.2, 0) is 14.8 Å². The number of halogens is 2. The van der Waals surface area contributed by atoms with Gasteiger partial charge in [0.15, 0.2) is 0 Å². The number of amides is 1. The second kappa shape index (κ2) is 18.5. The summed E-state index contributed by atoms with van der Waals surface area (Å²) < 4.78 is 57.0. The molecule has 2 saturated heterocycles. The third-order valence-electron chi connectivity index (χ3n) is 13.3. The normalized spacial score (nSPS) is 19.4. The molecule has 15 nitrogen and oxygen atoms in total. The molecule has 0 radical (unpaired) electrons. The Hall–Kier alpha value is -5.75. The van der Waals surface area contributed by atoms with Crippen LogP contribution in [0.1, 0.15) is 68.8 Å². The summed E-state index contributed by atoms with van der Waals surface area (Å²) in [6, 6.07) is 17.7. The van der Waals surface area contributed by atoms with E-state index in [1.165, 1.54) is 23.8 Å². The van der Waals surface area contributed by atoms with Crippen LogP contribution in [0.15, 0.2) is 83.4 Å². The number of aromatic amines is 1. The molecule has 0 unspecified atom stereocenters. The Balaban J connectivity index is 0.990. The number of hydrogen-bond acceptors (Lipinski definition) is 12. The van der Waals surface area contributed by atoms with Crippen LogP contribution in [0.3, 0.4) is 0 Å². The number of ether oxygens (including phenoxy) is 2. The molecule has 5 heterocycles. The molecule has 3 N–H and O–H groups in total. The van der Waals surface area contributed by atoms with Crippen LogP contribution in [0.25, 0.3) is 16.6 Å². The number of sulfonamides is 1. The van der Waals surface area contributed by atoms with E-state index in [1.54, 1.807) is 24.4 Å². The zero-order valence-electron chi connectivity index (χ0n) is 37.2. The smallest absolute Gasteiger partial charge is 0.293 e. The number of piperazine rings is 1. The van der Waals surface area contributed by atoms with Crippen LogP contribution in [0.2, 0.25) is 5.02 Å². The van der Waals surface area contributed by atoms with Crippen molar-refractivity contribution in [2.75, 3.05) is 74.1 Å². The largest absolute Gasteiger partial charge is 0.471 e. The predicted octanol–water partition coefficient (Wildman–Crippen LogP) is 8.93. The lowest BCUT2D eigenvalue weighted by Gasteiger charge is -2.40. The molecule has 66 heavy (non-hydrogen) atoms. The zero-order chi connectivity index (χ0) is 46.3. The minimum Gasteiger partial charge on any atom is -0.471 e. The lowest BCUT2D eigenvalue weighted by atomic mass is 9.72. The van der Waals surface area contributed by atoms with Crippen molar-refractivity contribution < 1.29 is 32.0 Å². The van der Waals surface area contributed by atoms with Crippen molar-refractivity contribution in [3.63, 3.8) is 0 Å². The van der Waals surface area contributed by atoms with Gasteiger partial charge in [0.2, 0.25) is 5.88 Å². The van der Waals surface area contributed by atoms with E-state index in [0.717, 1.165) is 74.5 Å². The maximum atomic E-state index is 15.3. The number of anilines is 4. The highest BCUT2D eigenvalue weighted by atomic mass is 35.5. The number of carbonyl (C=O) groups excluding carboxylic acids is 1. The topological polar surface area (TPSA) is 175 Å². The number of fused-ring (bicyclic) bond motifs is 2. The summed E-state index contributed by atoms with van der Waals surface area (Å²) in [5.41, 5.74) is 5.34. The summed E-state index contributed by atoms with van der Waals surface area (Å²) in [4.78, 5) is 39.9. The lowest BCUT2D eigenvalue weighted by Crippen LogP contribution is -2.47. The average Bonchev–Trinajstić information content (AvgIpc) is 3.75. The molecule has 9 rings (SSSR count). The predicted molar refractivity (Wildman–Crippen MR) is 254 cm³/mol. The van der Waals surface area contributed by atoms with Crippen LogP contribution in [-0.4, -0.2) is 99.2 Å². The molecule has 1 aliphatic carbocycles. The number of hydrogen-bond donors (Lipinski definition) is 3. The molecule has 1 amide bonds. The minimum absolute atomic E-state index is 0.0472. The van der Waals surface area contributed by atoms with Crippen molar-refractivity contribution in [1.29, 1.82) is 0 Å². The van der Waals surface area contributed by atoms with Crippen LogP contribution in [0.4, 0.5) is 32.8 Å². The maximum Gasteiger partial charge on any atom is 0.293 e. The van der Waals surface area contributed by atoms with Crippen LogP contribution in [0, 0.1) is 27.3 Å². The second-order valence-corrected chi connectivity index (χ2v) is 20.7. The van der Waals surface area contributed by atoms with E-state index in [0.29, 0.717) is 72.9 Å². The fourth-order valence-electron chi connectivity index (χ4n) is 9.56. The number of H-pyrrole nitrogens is 1. The fourth-order valence-corrected chi connectivity index (χ4v) is 10.7. The number of carbonyl (C=O) groups is 1. The third kappa shape index (κ3) is 9.71. The SMILES string of the molecule is C[C@@H]1CN(c2cc(N3CCN(CC4=C(c5ccc(Cl)cc5F)CC(C)(C)CC4)CC3)ccc2C(=O)NS(=O)(=O)c2ccc(NCC3CCOCC3)c([N+](=O)[O-])c2)c2cc3cc[nH]c3nc2O1. The van der Waals surface area contributed by atoms with Gasteiger partial charge in [-0.1, -0.05) is 37.1 Å². The number of nitrogens with zero attached hydrogens (tertiary/aromatic N) is 5. The third-order valence-corrected chi connectivity index (χ3v) is 14.8. The highest BCUT2D eigenvalue weighted by Crippen LogP contribution is 2.45. The maximum absolute atomic E-state index is 15.3. The van der Waals surface area contributed by atoms with E-state index < -0.39 is 31.4 Å². The Morgan fingerprint density at radius 3 is 2.58 bits per heavy atom. The number of benzene rings is 3. The van der Waals surface area contributed by atoms with Gasteiger partial charge in [0.1, 0.15) is 28.9 Å². The van der Waals surface area contributed by atoms with Crippen molar-refractivity contribution in [3.8, 4) is 5.88 Å². The van der Waals surface area contributed by atoms with Crippen molar-refractivity contribution >= 4 is 72.6 Å². The highest BCUT2D eigenvalue weighted by Gasteiger charge is 2.34. The van der Waals surface area contributed by atoms with Crippen LogP contribution >= 0.6 is 11.6 Å². The monoisotopic (exact) mass is 940 g/mol. The zero-order valence-corrected chi connectivity index (χ0v) is 38.8. The molecule has 3 aliphatic heterocycles. The van der Waals surface area contributed by atoms with E-state index in [9.17, 15) is 23.3 Å². The molecule has 0 bridgehead atoms. The first-order valence-electron chi connectivity index (χ1n) is 22.5. The van der Waals surface area contributed by atoms with Crippen molar-refractivity contribution in [1.82, 2.24) is 19.6 Å². The summed E-state index contributed by atoms with van der Waals surface area (Å²) in [7, 11) is -4.59. The van der Waals surface area contributed by atoms with Gasteiger partial charge in [0, 0.05) is 86.4 Å². The molecule has 4 aliphatic rings. The standard InChI is InChI=1S/C48H54ClFN8O7S/c1-30-28-57(44-22-32-11-15-51-45(32)53-47(44)65-30)42-24-35(56-18-16-55(17-19-56)29-33-10-14-48(2,3)26-39(33)37-7-4-34(49)23-40(37)50)5-8-38(42)46(59)54-66(62,63)36-6-9-41(43(25-36)58(60)61)52-27-31-12-20-64-21-13-31/h4-9,11,15,22-25,30-31,52H,10,12-14,16-21,26-29H2,1-3H3,(H,51,53)(H,54,59)/t30-/m1/s1. The van der Waals surface area contributed by atoms with Gasteiger partial charge in [0.05, 0.1) is 27.6 Å². The Labute approximate surface area is 388 Å². The minimum atomic E-state index is -4.59. The lowest BCUT2D eigenvalue weighted by molar-refractivity contribution is -0.384. The Morgan fingerprint density at radius 2 is 1.82 bits per heavy atom. The van der Waals surface area contributed by atoms with Crippen molar-refractivity contribution in [2.45, 2.75) is 63.9 Å². The molecule has 5 aromatic rings. The van der Waals surface area contributed by atoms with E-state index in [2.05, 4.69) is 38.7 Å². The van der Waals surface area contributed by atoms with E-state index in [-0.39, 0.29) is 34.5 Å². The summed E-state index contributed by atoms with van der Waals surface area (Å²) >= 11 is 6.14. The molecule has 1 atom stereocenters. The number of nitrogens with one attached hydrogen (secondary N) is 3. The molecular formula is C48H54ClFN8O7S. The fraction of sp³-hybridized carbons (Fsp3) is 0.417. The van der Waals surface area contributed by atoms with Gasteiger partial charge in [-0.25, -0.2) is 17.5 Å². The Kier molecular flexibility index (Phi) is 12.7. The van der Waals surface area contributed by atoms with Gasteiger partial charge in [-0.3, -0.25) is 19.8 Å². The molecular weight excluding hydrogens is 887 g/mol. The van der Waals surface area contributed by atoms with Crippen molar-refractivity contribution in [3.05, 3.63) is 111 Å². The number of aromatic nitrogens is 2. The van der Waals surface area contributed by atoms with Crippen molar-refractivity contribution in [2.24, 2.45) is 11.3 Å². The van der Waals surface area contributed by atoms with E-state index in [1.807, 2.05) is 36.1 Å². The number of pyridine rings is 1. The molecule has 0 spiro atoms. The van der Waals surface area contributed by atoms with E-state index in [4.69, 9.17) is 26.1 Å². The average molecular weight is 942 g/mol. The Bertz CT molecular complexity index is 2820. The van der Waals surface area contributed by atoms with Gasteiger partial charge >= 0.3 is 0 Å². The summed E-state index contributed by atoms with van der Waals surface area (Å²) in [6.45, 7) is 11.9. The van der Waals surface area contributed by atoms with Crippen LogP contribution in [0.5, 0.6) is 5.88 Å². The molecule has 2 aromatic heterocycles.